The smallest absolute Gasteiger partial charge is 0.321 e. The third-order valence-electron chi connectivity index (χ3n) is 5.10. The predicted molar refractivity (Wildman–Crippen MR) is 120 cm³/mol. The first-order valence-corrected chi connectivity index (χ1v) is 10.5. The molecule has 0 amide bonds. The summed E-state index contributed by atoms with van der Waals surface area (Å²) in [5.41, 5.74) is 2.87. The molecule has 0 radical (unpaired) electrons. The van der Waals surface area contributed by atoms with Crippen LogP contribution in [0.25, 0.3) is 11.1 Å². The fraction of sp³-hybridized carbons (Fsp3) is 0.208. The lowest BCUT2D eigenvalue weighted by molar-refractivity contribution is -0.117. The molecule has 1 aromatic carbocycles. The van der Waals surface area contributed by atoms with Crippen molar-refractivity contribution >= 4 is 17.4 Å². The quantitative estimate of drug-likeness (QED) is 0.323. The van der Waals surface area contributed by atoms with Gasteiger partial charge in [0.25, 0.3) is 5.92 Å². The van der Waals surface area contributed by atoms with Crippen LogP contribution in [-0.2, 0) is 23.6 Å². The summed E-state index contributed by atoms with van der Waals surface area (Å²) in [6, 6.07) is 8.54. The van der Waals surface area contributed by atoms with Crippen molar-refractivity contribution in [3.05, 3.63) is 84.2 Å². The first kappa shape index (κ1) is 24.0. The maximum Gasteiger partial charge on any atom is 0.333 e. The number of anilines is 2. The Kier molecular flexibility index (Phi) is 6.85. The van der Waals surface area contributed by atoms with Gasteiger partial charge in [0.15, 0.2) is 0 Å². The summed E-state index contributed by atoms with van der Waals surface area (Å²) in [5, 5.41) is 6.33. The van der Waals surface area contributed by atoms with E-state index >= 15 is 0 Å². The molecule has 0 saturated heterocycles. The number of alkyl halides is 4. The number of benzene rings is 1. The predicted octanol–water partition coefficient (Wildman–Crippen LogP) is 5.34. The van der Waals surface area contributed by atoms with Crippen LogP contribution in [0.3, 0.4) is 0 Å². The van der Waals surface area contributed by atoms with Crippen LogP contribution in [0.1, 0.15) is 30.2 Å². The van der Waals surface area contributed by atoms with E-state index in [9.17, 15) is 22.4 Å². The highest BCUT2D eigenvalue weighted by Crippen LogP contribution is 2.27. The minimum absolute atomic E-state index is 0.0111. The van der Waals surface area contributed by atoms with E-state index in [1.54, 1.807) is 24.5 Å². The molecule has 4 rings (SSSR count). The summed E-state index contributed by atoms with van der Waals surface area (Å²) >= 11 is 0. The summed E-state index contributed by atoms with van der Waals surface area (Å²) in [4.78, 5) is 24.6. The van der Waals surface area contributed by atoms with E-state index in [4.69, 9.17) is 0 Å². The molecule has 0 aliphatic heterocycles. The van der Waals surface area contributed by atoms with Gasteiger partial charge in [-0.1, -0.05) is 24.3 Å². The van der Waals surface area contributed by atoms with Crippen molar-refractivity contribution in [1.82, 2.24) is 24.7 Å². The molecular weight excluding hydrogens is 464 g/mol. The number of hydrogen-bond acceptors (Lipinski definition) is 6. The lowest BCUT2D eigenvalue weighted by Crippen LogP contribution is -2.11. The Balaban J connectivity index is 1.35. The zero-order chi connectivity index (χ0) is 25.0. The summed E-state index contributed by atoms with van der Waals surface area (Å²) in [6.07, 6.45) is 8.23. The molecule has 0 atom stereocenters. The Morgan fingerprint density at radius 1 is 0.971 bits per heavy atom. The molecule has 7 nitrogen and oxygen atoms in total. The minimum Gasteiger partial charge on any atom is -0.321 e. The van der Waals surface area contributed by atoms with E-state index in [2.05, 4.69) is 25.4 Å². The highest BCUT2D eigenvalue weighted by atomic mass is 19.3. The van der Waals surface area contributed by atoms with Crippen molar-refractivity contribution in [3.8, 4) is 11.1 Å². The number of carbonyl (C=O) groups excluding carboxylic acids is 1. The number of hydrogen-bond donors (Lipinski definition) is 1. The second-order valence-electron chi connectivity index (χ2n) is 7.97. The van der Waals surface area contributed by atoms with Crippen molar-refractivity contribution in [2.24, 2.45) is 0 Å². The van der Waals surface area contributed by atoms with E-state index in [0.29, 0.717) is 15.9 Å². The summed E-state index contributed by atoms with van der Waals surface area (Å²) in [6.45, 7) is -1.94. The molecule has 0 fully saturated rings. The number of pyridine rings is 1. The Hall–Kier alpha value is -4.15. The van der Waals surface area contributed by atoms with Gasteiger partial charge in [0.2, 0.25) is 5.95 Å². The van der Waals surface area contributed by atoms with Gasteiger partial charge < -0.3 is 5.32 Å². The maximum absolute atomic E-state index is 13.5. The Morgan fingerprint density at radius 3 is 2.29 bits per heavy atom. The van der Waals surface area contributed by atoms with Crippen LogP contribution in [0.15, 0.2) is 67.5 Å². The van der Waals surface area contributed by atoms with Crippen LogP contribution in [0.4, 0.5) is 29.2 Å². The van der Waals surface area contributed by atoms with E-state index in [0.717, 1.165) is 36.0 Å². The molecule has 3 heterocycles. The highest BCUT2D eigenvalue weighted by molar-refractivity contribution is 5.83. The third kappa shape index (κ3) is 6.25. The molecule has 0 unspecified atom stereocenters. The molecular formula is C24H20F4N6O. The number of carbonyl (C=O) groups is 1. The number of rotatable bonds is 9. The lowest BCUT2D eigenvalue weighted by atomic mass is 10.00. The van der Waals surface area contributed by atoms with Crippen molar-refractivity contribution in [2.75, 3.05) is 5.32 Å². The van der Waals surface area contributed by atoms with Crippen LogP contribution < -0.4 is 5.32 Å². The molecule has 35 heavy (non-hydrogen) atoms. The molecule has 0 spiro atoms. The fourth-order valence-corrected chi connectivity index (χ4v) is 3.34. The molecule has 0 aliphatic carbocycles. The van der Waals surface area contributed by atoms with Crippen LogP contribution in [0.5, 0.6) is 0 Å². The zero-order valence-corrected chi connectivity index (χ0v) is 18.5. The summed E-state index contributed by atoms with van der Waals surface area (Å²) in [7, 11) is 0. The second kappa shape index (κ2) is 10.00. The van der Waals surface area contributed by atoms with Gasteiger partial charge in [-0.3, -0.25) is 9.78 Å². The van der Waals surface area contributed by atoms with Crippen LogP contribution in [0, 0.1) is 0 Å². The molecule has 180 valence electrons. The first-order chi connectivity index (χ1) is 16.7. The monoisotopic (exact) mass is 484 g/mol. The number of ketones is 1. The highest BCUT2D eigenvalue weighted by Gasteiger charge is 2.25. The van der Waals surface area contributed by atoms with Gasteiger partial charge in [-0.15, -0.1) is 0 Å². The summed E-state index contributed by atoms with van der Waals surface area (Å²) < 4.78 is 52.7. The van der Waals surface area contributed by atoms with Crippen LogP contribution >= 0.6 is 0 Å². The van der Waals surface area contributed by atoms with Gasteiger partial charge in [-0.2, -0.15) is 13.9 Å². The van der Waals surface area contributed by atoms with E-state index in [-0.39, 0.29) is 30.1 Å². The molecule has 3 aromatic heterocycles. The van der Waals surface area contributed by atoms with Crippen LogP contribution in [0.2, 0.25) is 0 Å². The minimum atomic E-state index is -3.02. The Bertz CT molecular complexity index is 1300. The number of halogens is 4. The van der Waals surface area contributed by atoms with E-state index < -0.39 is 12.5 Å². The fourth-order valence-electron chi connectivity index (χ4n) is 3.34. The van der Waals surface area contributed by atoms with Crippen molar-refractivity contribution in [3.63, 3.8) is 0 Å². The van der Waals surface area contributed by atoms with E-state index in [1.165, 1.54) is 18.5 Å². The van der Waals surface area contributed by atoms with Gasteiger partial charge in [-0.05, 0) is 22.8 Å². The number of nitrogens with one attached hydrogen (secondary N) is 1. The van der Waals surface area contributed by atoms with Crippen molar-refractivity contribution in [1.29, 1.82) is 0 Å². The molecule has 11 heteroatoms. The molecule has 4 aromatic rings. The number of Topliss-reactive ketones (excluding diaryl/α,β-unsaturated/α-hetero) is 1. The molecule has 0 saturated carbocycles. The largest absolute Gasteiger partial charge is 0.333 e. The average Bonchev–Trinajstić information content (AvgIpc) is 3.29. The third-order valence-corrected chi connectivity index (χ3v) is 5.10. The molecule has 0 bridgehead atoms. The summed E-state index contributed by atoms with van der Waals surface area (Å²) in [5.74, 6) is -2.91. The van der Waals surface area contributed by atoms with Gasteiger partial charge in [-0.25, -0.2) is 23.4 Å². The van der Waals surface area contributed by atoms with Crippen molar-refractivity contribution in [2.45, 2.75) is 32.2 Å². The standard InChI is InChI=1S/C24H20F4N6O/c1-24(27,28)19-6-16(9-29-12-19)8-21(35)7-15-2-4-17(5-3-15)18-10-30-23(31-11-18)33-20-13-32-34(14-20)22(25)26/h2-6,9-14,22H,7-8H2,1H3,(H,30,31,33). The van der Waals surface area contributed by atoms with Gasteiger partial charge in [0, 0.05) is 55.7 Å². The van der Waals surface area contributed by atoms with E-state index in [1.807, 2.05) is 12.1 Å². The molecule has 1 N–H and O–H groups in total. The number of nitrogens with zero attached hydrogens (tertiary/aromatic N) is 5. The van der Waals surface area contributed by atoms with Gasteiger partial charge in [0.1, 0.15) is 5.78 Å². The van der Waals surface area contributed by atoms with Gasteiger partial charge >= 0.3 is 6.55 Å². The topological polar surface area (TPSA) is 85.6 Å². The first-order valence-electron chi connectivity index (χ1n) is 10.5. The lowest BCUT2D eigenvalue weighted by Gasteiger charge is -2.11. The second-order valence-corrected chi connectivity index (χ2v) is 7.97. The number of aromatic nitrogens is 5. The molecule has 0 aliphatic rings. The Labute approximate surface area is 197 Å². The zero-order valence-electron chi connectivity index (χ0n) is 18.5. The maximum atomic E-state index is 13.5. The van der Waals surface area contributed by atoms with Crippen LogP contribution in [-0.4, -0.2) is 30.5 Å². The Morgan fingerprint density at radius 2 is 1.66 bits per heavy atom. The average molecular weight is 484 g/mol. The van der Waals surface area contributed by atoms with Gasteiger partial charge in [0.05, 0.1) is 18.1 Å². The van der Waals surface area contributed by atoms with Crippen molar-refractivity contribution < 1.29 is 22.4 Å². The normalized spacial score (nSPS) is 11.6. The SMILES string of the molecule is CC(F)(F)c1cncc(CC(=O)Cc2ccc(-c3cnc(Nc4cnn(C(F)F)c4)nc3)cc2)c1.